The molecule has 25 heavy (non-hydrogen) atoms. The fraction of sp³-hybridized carbons (Fsp3) is 0.389. The van der Waals surface area contributed by atoms with Gasteiger partial charge in [-0.1, -0.05) is 12.2 Å². The summed E-state index contributed by atoms with van der Waals surface area (Å²) in [6.45, 7) is -0.404. The Kier molecular flexibility index (Phi) is 6.68. The Bertz CT molecular complexity index is 658. The first kappa shape index (κ1) is 18.6. The third-order valence-electron chi connectivity index (χ3n) is 3.96. The third-order valence-corrected chi connectivity index (χ3v) is 3.96. The van der Waals surface area contributed by atoms with E-state index in [2.05, 4.69) is 0 Å². The minimum Gasteiger partial charge on any atom is -0.455 e. The summed E-state index contributed by atoms with van der Waals surface area (Å²) in [5.74, 6) is -2.14. The predicted molar refractivity (Wildman–Crippen MR) is 90.0 cm³/mol. The van der Waals surface area contributed by atoms with Crippen molar-refractivity contribution in [2.45, 2.75) is 25.7 Å². The van der Waals surface area contributed by atoms with Crippen LogP contribution >= 0.6 is 0 Å². The van der Waals surface area contributed by atoms with E-state index in [0.29, 0.717) is 18.5 Å². The predicted octanol–water partition coefficient (Wildman–Crippen LogP) is 1.93. The van der Waals surface area contributed by atoms with Gasteiger partial charge in [0.2, 0.25) is 5.91 Å². The van der Waals surface area contributed by atoms with Crippen LogP contribution in [-0.2, 0) is 19.1 Å². The molecule has 0 heterocycles. The fourth-order valence-corrected chi connectivity index (χ4v) is 2.58. The standard InChI is InChI=1S/C18H21FN2O4/c19-14-6-8-15(9-7-14)21(11-10-16(20)22)17(23)12-25-18(24)13-4-2-1-3-5-13/h1-2,6-9,13H,3-5,10-12H2,(H2,20,22). The number of anilines is 1. The molecule has 6 nitrogen and oxygen atoms in total. The number of primary amides is 1. The van der Waals surface area contributed by atoms with Gasteiger partial charge in [0.25, 0.3) is 5.91 Å². The lowest BCUT2D eigenvalue weighted by atomic mass is 9.95. The normalized spacial score (nSPS) is 16.3. The largest absolute Gasteiger partial charge is 0.455 e. The molecule has 0 saturated heterocycles. The fourth-order valence-electron chi connectivity index (χ4n) is 2.58. The first-order valence-electron chi connectivity index (χ1n) is 8.13. The molecule has 1 unspecified atom stereocenters. The van der Waals surface area contributed by atoms with Crippen molar-refractivity contribution in [2.24, 2.45) is 11.7 Å². The van der Waals surface area contributed by atoms with E-state index in [-0.39, 0.29) is 18.9 Å². The average molecular weight is 348 g/mol. The highest BCUT2D eigenvalue weighted by Gasteiger charge is 2.23. The number of carbonyl (C=O) groups excluding carboxylic acids is 3. The SMILES string of the molecule is NC(=O)CCN(C(=O)COC(=O)C1CC=CCC1)c1ccc(F)cc1. The number of rotatable bonds is 7. The van der Waals surface area contributed by atoms with E-state index >= 15 is 0 Å². The Morgan fingerprint density at radius 1 is 1.20 bits per heavy atom. The van der Waals surface area contributed by atoms with Crippen molar-refractivity contribution in [3.05, 3.63) is 42.2 Å². The summed E-state index contributed by atoms with van der Waals surface area (Å²) in [5, 5.41) is 0. The van der Waals surface area contributed by atoms with Gasteiger partial charge in [0, 0.05) is 18.7 Å². The molecule has 1 aliphatic carbocycles. The number of nitrogens with two attached hydrogens (primary N) is 1. The first-order chi connectivity index (χ1) is 12.0. The molecular formula is C18H21FN2O4. The molecular weight excluding hydrogens is 327 g/mol. The van der Waals surface area contributed by atoms with Crippen LogP contribution in [0.2, 0.25) is 0 Å². The Labute approximate surface area is 145 Å². The van der Waals surface area contributed by atoms with E-state index in [0.717, 1.165) is 6.42 Å². The second kappa shape index (κ2) is 8.96. The summed E-state index contributed by atoms with van der Waals surface area (Å²) >= 11 is 0. The molecule has 0 spiro atoms. The molecule has 0 saturated carbocycles. The van der Waals surface area contributed by atoms with E-state index in [1.165, 1.54) is 29.2 Å². The number of amides is 2. The number of benzene rings is 1. The summed E-state index contributed by atoms with van der Waals surface area (Å²) in [5.41, 5.74) is 5.54. The minimum atomic E-state index is -0.564. The summed E-state index contributed by atoms with van der Waals surface area (Å²) in [7, 11) is 0. The Morgan fingerprint density at radius 2 is 1.92 bits per heavy atom. The smallest absolute Gasteiger partial charge is 0.309 e. The molecule has 2 N–H and O–H groups in total. The summed E-state index contributed by atoms with van der Waals surface area (Å²) in [4.78, 5) is 36.7. The first-order valence-corrected chi connectivity index (χ1v) is 8.13. The Morgan fingerprint density at radius 3 is 2.52 bits per heavy atom. The number of esters is 1. The molecule has 0 bridgehead atoms. The quantitative estimate of drug-likeness (QED) is 0.602. The van der Waals surface area contributed by atoms with Crippen molar-refractivity contribution >= 4 is 23.5 Å². The molecule has 0 fully saturated rings. The van der Waals surface area contributed by atoms with Gasteiger partial charge in [0.15, 0.2) is 6.61 Å². The van der Waals surface area contributed by atoms with Crippen molar-refractivity contribution in [3.63, 3.8) is 0 Å². The van der Waals surface area contributed by atoms with Crippen molar-refractivity contribution in [1.82, 2.24) is 0 Å². The summed E-state index contributed by atoms with van der Waals surface area (Å²) in [6, 6.07) is 5.25. The maximum absolute atomic E-state index is 13.1. The lowest BCUT2D eigenvalue weighted by Gasteiger charge is -2.23. The van der Waals surface area contributed by atoms with Crippen molar-refractivity contribution in [3.8, 4) is 0 Å². The van der Waals surface area contributed by atoms with Gasteiger partial charge >= 0.3 is 5.97 Å². The van der Waals surface area contributed by atoms with Gasteiger partial charge in [0.1, 0.15) is 5.82 Å². The topological polar surface area (TPSA) is 89.7 Å². The lowest BCUT2D eigenvalue weighted by molar-refractivity contribution is -0.152. The number of hydrogen-bond acceptors (Lipinski definition) is 4. The highest BCUT2D eigenvalue weighted by Crippen LogP contribution is 2.20. The lowest BCUT2D eigenvalue weighted by Crippen LogP contribution is -2.37. The molecule has 1 atom stereocenters. The molecule has 1 aliphatic rings. The van der Waals surface area contributed by atoms with E-state index in [1.807, 2.05) is 12.2 Å². The molecule has 0 radical (unpaired) electrons. The van der Waals surface area contributed by atoms with E-state index in [9.17, 15) is 18.8 Å². The zero-order chi connectivity index (χ0) is 18.2. The number of carbonyl (C=O) groups is 3. The van der Waals surface area contributed by atoms with Gasteiger partial charge in [-0.2, -0.15) is 0 Å². The van der Waals surface area contributed by atoms with Gasteiger partial charge in [0.05, 0.1) is 5.92 Å². The molecule has 7 heteroatoms. The minimum absolute atomic E-state index is 0.0313. The van der Waals surface area contributed by atoms with Crippen LogP contribution < -0.4 is 10.6 Å². The van der Waals surface area contributed by atoms with Crippen molar-refractivity contribution in [1.29, 1.82) is 0 Å². The molecule has 2 amide bonds. The second-order valence-electron chi connectivity index (χ2n) is 5.83. The monoisotopic (exact) mass is 348 g/mol. The Hall–Kier alpha value is -2.70. The highest BCUT2D eigenvalue weighted by molar-refractivity contribution is 5.95. The third kappa shape index (κ3) is 5.70. The maximum atomic E-state index is 13.1. The number of nitrogens with zero attached hydrogens (tertiary/aromatic N) is 1. The van der Waals surface area contributed by atoms with Gasteiger partial charge in [-0.3, -0.25) is 14.4 Å². The molecule has 1 aromatic carbocycles. The highest BCUT2D eigenvalue weighted by atomic mass is 19.1. The van der Waals surface area contributed by atoms with Crippen LogP contribution in [0.25, 0.3) is 0 Å². The van der Waals surface area contributed by atoms with Crippen LogP contribution in [0, 0.1) is 11.7 Å². The van der Waals surface area contributed by atoms with Crippen LogP contribution in [0.3, 0.4) is 0 Å². The van der Waals surface area contributed by atoms with Crippen molar-refractivity contribution < 1.29 is 23.5 Å². The average Bonchev–Trinajstić information content (AvgIpc) is 2.61. The second-order valence-corrected chi connectivity index (χ2v) is 5.83. The van der Waals surface area contributed by atoms with Crippen LogP contribution in [0.1, 0.15) is 25.7 Å². The molecule has 0 aliphatic heterocycles. The molecule has 134 valence electrons. The number of allylic oxidation sites excluding steroid dienone is 2. The number of ether oxygens (including phenoxy) is 1. The Balaban J connectivity index is 1.98. The zero-order valence-electron chi connectivity index (χ0n) is 13.8. The molecule has 1 aromatic rings. The van der Waals surface area contributed by atoms with Crippen LogP contribution in [0.4, 0.5) is 10.1 Å². The number of hydrogen-bond donors (Lipinski definition) is 1. The van der Waals surface area contributed by atoms with Crippen molar-refractivity contribution in [2.75, 3.05) is 18.1 Å². The number of halogens is 1. The molecule has 2 rings (SSSR count). The summed E-state index contributed by atoms with van der Waals surface area (Å²) in [6.07, 6.45) is 6.01. The van der Waals surface area contributed by atoms with Gasteiger partial charge in [-0.25, -0.2) is 4.39 Å². The van der Waals surface area contributed by atoms with Crippen LogP contribution in [-0.4, -0.2) is 30.9 Å². The van der Waals surface area contributed by atoms with Gasteiger partial charge in [-0.05, 0) is 43.5 Å². The van der Waals surface area contributed by atoms with Gasteiger partial charge < -0.3 is 15.4 Å². The van der Waals surface area contributed by atoms with Crippen LogP contribution in [0.15, 0.2) is 36.4 Å². The van der Waals surface area contributed by atoms with E-state index in [4.69, 9.17) is 10.5 Å². The van der Waals surface area contributed by atoms with E-state index < -0.39 is 30.2 Å². The van der Waals surface area contributed by atoms with Gasteiger partial charge in [-0.15, -0.1) is 0 Å². The zero-order valence-corrected chi connectivity index (χ0v) is 13.8. The maximum Gasteiger partial charge on any atom is 0.309 e. The van der Waals surface area contributed by atoms with Crippen LogP contribution in [0.5, 0.6) is 0 Å². The summed E-state index contributed by atoms with van der Waals surface area (Å²) < 4.78 is 18.2. The molecule has 0 aromatic heterocycles. The van der Waals surface area contributed by atoms with E-state index in [1.54, 1.807) is 0 Å².